The standard InChI is InChI=1S/C13H27N3O/c1-7-15-11(14)16-9-8-10(13(9,5)6)17-12(2,3)4/h9-10H,7-8H2,1-6H3,(H3,14,15,16)/t9-,10+/m1/s1. The van der Waals surface area contributed by atoms with Gasteiger partial charge in [-0.05, 0) is 34.1 Å². The minimum Gasteiger partial charge on any atom is -0.372 e. The van der Waals surface area contributed by atoms with Gasteiger partial charge in [0.15, 0.2) is 5.96 Å². The van der Waals surface area contributed by atoms with Crippen LogP contribution in [0.25, 0.3) is 0 Å². The van der Waals surface area contributed by atoms with Crippen molar-refractivity contribution in [3.63, 3.8) is 0 Å². The molecule has 2 atom stereocenters. The SMILES string of the molecule is CCN=C(N)N[C@@H]1C[C@H](OC(C)(C)C)C1(C)C. The molecule has 3 N–H and O–H groups in total. The van der Waals surface area contributed by atoms with E-state index in [4.69, 9.17) is 10.5 Å². The molecule has 0 aliphatic heterocycles. The van der Waals surface area contributed by atoms with Gasteiger partial charge in [-0.1, -0.05) is 13.8 Å². The Bertz CT molecular complexity index is 292. The van der Waals surface area contributed by atoms with E-state index in [0.717, 1.165) is 6.42 Å². The Labute approximate surface area is 105 Å². The Morgan fingerprint density at radius 3 is 2.47 bits per heavy atom. The molecule has 4 heteroatoms. The Morgan fingerprint density at radius 2 is 2.06 bits per heavy atom. The maximum Gasteiger partial charge on any atom is 0.188 e. The van der Waals surface area contributed by atoms with Crippen molar-refractivity contribution in [1.82, 2.24) is 5.32 Å². The molecule has 0 aromatic carbocycles. The zero-order chi connectivity index (χ0) is 13.3. The number of ether oxygens (including phenoxy) is 1. The van der Waals surface area contributed by atoms with Crippen LogP contribution in [0.2, 0.25) is 0 Å². The van der Waals surface area contributed by atoms with Crippen molar-refractivity contribution in [2.45, 2.75) is 65.7 Å². The molecule has 0 heterocycles. The van der Waals surface area contributed by atoms with E-state index in [2.05, 4.69) is 44.9 Å². The van der Waals surface area contributed by atoms with E-state index >= 15 is 0 Å². The number of nitrogens with zero attached hydrogens (tertiary/aromatic N) is 1. The lowest BCUT2D eigenvalue weighted by atomic mass is 9.64. The molecule has 1 aliphatic rings. The van der Waals surface area contributed by atoms with E-state index in [1.807, 2.05) is 6.92 Å². The van der Waals surface area contributed by atoms with Crippen LogP contribution in [0, 0.1) is 5.41 Å². The lowest BCUT2D eigenvalue weighted by Crippen LogP contribution is -2.64. The number of guanidine groups is 1. The van der Waals surface area contributed by atoms with Gasteiger partial charge in [0.05, 0.1) is 11.7 Å². The smallest absolute Gasteiger partial charge is 0.188 e. The molecule has 0 aromatic rings. The number of rotatable bonds is 3. The zero-order valence-corrected chi connectivity index (χ0v) is 12.0. The van der Waals surface area contributed by atoms with Gasteiger partial charge in [0.2, 0.25) is 0 Å². The van der Waals surface area contributed by atoms with Crippen LogP contribution in [0.5, 0.6) is 0 Å². The second-order valence-electron chi connectivity index (χ2n) is 6.33. The molecule has 0 spiro atoms. The van der Waals surface area contributed by atoms with E-state index < -0.39 is 0 Å². The number of aliphatic imine (C=N–C) groups is 1. The molecule has 100 valence electrons. The van der Waals surface area contributed by atoms with Crippen LogP contribution in [0.4, 0.5) is 0 Å². The number of hydrogen-bond donors (Lipinski definition) is 2. The maximum atomic E-state index is 6.04. The topological polar surface area (TPSA) is 59.6 Å². The van der Waals surface area contributed by atoms with Gasteiger partial charge >= 0.3 is 0 Å². The van der Waals surface area contributed by atoms with Crippen molar-refractivity contribution in [2.24, 2.45) is 16.1 Å². The molecule has 1 fully saturated rings. The van der Waals surface area contributed by atoms with Crippen LogP contribution >= 0.6 is 0 Å². The fourth-order valence-corrected chi connectivity index (χ4v) is 2.15. The highest BCUT2D eigenvalue weighted by molar-refractivity contribution is 5.78. The largest absolute Gasteiger partial charge is 0.372 e. The van der Waals surface area contributed by atoms with E-state index in [9.17, 15) is 0 Å². The Balaban J connectivity index is 2.52. The third kappa shape index (κ3) is 3.60. The molecule has 4 nitrogen and oxygen atoms in total. The van der Waals surface area contributed by atoms with Crippen LogP contribution in [-0.4, -0.2) is 30.3 Å². The van der Waals surface area contributed by atoms with Crippen molar-refractivity contribution in [2.75, 3.05) is 6.54 Å². The Hall–Kier alpha value is -0.770. The minimum absolute atomic E-state index is 0.0873. The van der Waals surface area contributed by atoms with Gasteiger partial charge in [-0.25, -0.2) is 0 Å². The minimum atomic E-state index is -0.0873. The molecule has 1 saturated carbocycles. The van der Waals surface area contributed by atoms with Crippen LogP contribution in [0.3, 0.4) is 0 Å². The fraction of sp³-hybridized carbons (Fsp3) is 0.923. The van der Waals surface area contributed by atoms with Gasteiger partial charge < -0.3 is 15.8 Å². The summed E-state index contributed by atoms with van der Waals surface area (Å²) in [6.07, 6.45) is 1.28. The molecule has 0 aromatic heterocycles. The third-order valence-electron chi connectivity index (χ3n) is 3.32. The molecule has 0 bridgehead atoms. The summed E-state index contributed by atoms with van der Waals surface area (Å²) in [6, 6.07) is 0.352. The molecule has 17 heavy (non-hydrogen) atoms. The first-order valence-electron chi connectivity index (χ1n) is 6.41. The van der Waals surface area contributed by atoms with Crippen molar-refractivity contribution in [3.05, 3.63) is 0 Å². The fourth-order valence-electron chi connectivity index (χ4n) is 2.15. The average Bonchev–Trinajstić information content (AvgIpc) is 2.15. The molecule has 0 unspecified atom stereocenters. The van der Waals surface area contributed by atoms with Gasteiger partial charge in [0, 0.05) is 18.0 Å². The highest BCUT2D eigenvalue weighted by Crippen LogP contribution is 2.44. The van der Waals surface area contributed by atoms with Gasteiger partial charge in [0.25, 0.3) is 0 Å². The molecular formula is C13H27N3O. The Kier molecular flexibility index (Phi) is 4.07. The highest BCUT2D eigenvalue weighted by Gasteiger charge is 2.50. The number of hydrogen-bond acceptors (Lipinski definition) is 2. The van der Waals surface area contributed by atoms with Crippen LogP contribution in [0.15, 0.2) is 4.99 Å². The molecule has 0 saturated heterocycles. The average molecular weight is 241 g/mol. The van der Waals surface area contributed by atoms with Crippen molar-refractivity contribution in [1.29, 1.82) is 0 Å². The summed E-state index contributed by atoms with van der Waals surface area (Å²) in [5.74, 6) is 0.541. The van der Waals surface area contributed by atoms with Gasteiger partial charge in [-0.15, -0.1) is 0 Å². The van der Waals surface area contributed by atoms with E-state index in [1.165, 1.54) is 0 Å². The monoisotopic (exact) mass is 241 g/mol. The molecule has 0 amide bonds. The summed E-state index contributed by atoms with van der Waals surface area (Å²) >= 11 is 0. The first-order valence-corrected chi connectivity index (χ1v) is 6.41. The normalized spacial score (nSPS) is 28.7. The summed E-state index contributed by atoms with van der Waals surface area (Å²) in [5, 5.41) is 3.27. The summed E-state index contributed by atoms with van der Waals surface area (Å²) in [6.45, 7) is 13.4. The quantitative estimate of drug-likeness (QED) is 0.586. The van der Waals surface area contributed by atoms with E-state index in [1.54, 1.807) is 0 Å². The van der Waals surface area contributed by atoms with E-state index in [0.29, 0.717) is 18.5 Å². The number of nitrogens with one attached hydrogen (secondary N) is 1. The van der Waals surface area contributed by atoms with Gasteiger partial charge in [-0.3, -0.25) is 4.99 Å². The predicted octanol–water partition coefficient (Wildman–Crippen LogP) is 1.89. The summed E-state index contributed by atoms with van der Waals surface area (Å²) in [7, 11) is 0. The predicted molar refractivity (Wildman–Crippen MR) is 72.1 cm³/mol. The maximum absolute atomic E-state index is 6.04. The van der Waals surface area contributed by atoms with E-state index in [-0.39, 0.29) is 17.1 Å². The second-order valence-corrected chi connectivity index (χ2v) is 6.33. The second kappa shape index (κ2) is 4.84. The summed E-state index contributed by atoms with van der Waals surface area (Å²) in [5.41, 5.74) is 5.80. The number of nitrogens with two attached hydrogens (primary N) is 1. The lowest BCUT2D eigenvalue weighted by Gasteiger charge is -2.53. The van der Waals surface area contributed by atoms with Crippen molar-refractivity contribution >= 4 is 5.96 Å². The van der Waals surface area contributed by atoms with Gasteiger partial charge in [-0.2, -0.15) is 0 Å². The summed E-state index contributed by atoms with van der Waals surface area (Å²) < 4.78 is 6.04. The molecule has 1 aliphatic carbocycles. The molecule has 1 rings (SSSR count). The molecular weight excluding hydrogens is 214 g/mol. The van der Waals surface area contributed by atoms with Gasteiger partial charge in [0.1, 0.15) is 0 Å². The van der Waals surface area contributed by atoms with Crippen molar-refractivity contribution < 1.29 is 4.74 Å². The zero-order valence-electron chi connectivity index (χ0n) is 12.0. The summed E-state index contributed by atoms with van der Waals surface area (Å²) in [4.78, 5) is 4.15. The first kappa shape index (κ1) is 14.3. The third-order valence-corrected chi connectivity index (χ3v) is 3.32. The van der Waals surface area contributed by atoms with Crippen molar-refractivity contribution in [3.8, 4) is 0 Å². The Morgan fingerprint density at radius 1 is 1.47 bits per heavy atom. The highest BCUT2D eigenvalue weighted by atomic mass is 16.5. The lowest BCUT2D eigenvalue weighted by molar-refractivity contribution is -0.170. The van der Waals surface area contributed by atoms with Crippen LogP contribution in [0.1, 0.15) is 48.0 Å². The van der Waals surface area contributed by atoms with Crippen LogP contribution < -0.4 is 11.1 Å². The van der Waals surface area contributed by atoms with Crippen LogP contribution in [-0.2, 0) is 4.74 Å². The molecule has 0 radical (unpaired) electrons. The first-order chi connectivity index (χ1) is 7.66.